The fourth-order valence-corrected chi connectivity index (χ4v) is 2.83. The number of nitrogens with zero attached hydrogens (tertiary/aromatic N) is 4. The first kappa shape index (κ1) is 18.2. The van der Waals surface area contributed by atoms with E-state index >= 15 is 0 Å². The molecule has 3 rings (SSSR count). The van der Waals surface area contributed by atoms with E-state index in [-0.39, 0.29) is 30.4 Å². The Bertz CT molecular complexity index is 781. The van der Waals surface area contributed by atoms with Gasteiger partial charge in [-0.2, -0.15) is 0 Å². The lowest BCUT2D eigenvalue weighted by molar-refractivity contribution is 0.0121. The van der Waals surface area contributed by atoms with Crippen LogP contribution in [0.5, 0.6) is 0 Å². The lowest BCUT2D eigenvalue weighted by Crippen LogP contribution is -2.31. The van der Waals surface area contributed by atoms with Crippen molar-refractivity contribution >= 4 is 11.7 Å². The molecule has 1 aliphatic heterocycles. The van der Waals surface area contributed by atoms with Gasteiger partial charge >= 0.3 is 0 Å². The van der Waals surface area contributed by atoms with Gasteiger partial charge in [-0.1, -0.05) is 0 Å². The number of amides is 1. The molecule has 2 aromatic rings. The van der Waals surface area contributed by atoms with E-state index in [1.165, 1.54) is 12.5 Å². The van der Waals surface area contributed by atoms with Crippen molar-refractivity contribution in [2.75, 3.05) is 31.9 Å². The number of nitrogen functional groups attached to an aromatic ring is 1. The average Bonchev–Trinajstić information content (AvgIpc) is 3.22. The molecule has 8 nitrogen and oxygen atoms in total. The second-order valence-electron chi connectivity index (χ2n) is 6.22. The van der Waals surface area contributed by atoms with Crippen molar-refractivity contribution in [3.8, 4) is 11.6 Å². The number of likely N-dealkylation sites (tertiary alicyclic amines) is 1. The van der Waals surface area contributed by atoms with Crippen LogP contribution in [0.25, 0.3) is 11.6 Å². The third kappa shape index (κ3) is 4.13. The molecule has 0 spiro atoms. The number of carbonyl (C=O) groups excluding carboxylic acids is 1. The molecule has 140 valence electrons. The van der Waals surface area contributed by atoms with Crippen molar-refractivity contribution in [3.63, 3.8) is 0 Å². The van der Waals surface area contributed by atoms with Crippen LogP contribution in [0.3, 0.4) is 0 Å². The molecule has 0 aliphatic carbocycles. The van der Waals surface area contributed by atoms with Gasteiger partial charge in [-0.25, -0.2) is 23.7 Å². The first-order chi connectivity index (χ1) is 12.4. The van der Waals surface area contributed by atoms with Gasteiger partial charge in [0.2, 0.25) is 5.89 Å². The summed E-state index contributed by atoms with van der Waals surface area (Å²) in [5.41, 5.74) is 6.69. The third-order valence-electron chi connectivity index (χ3n) is 4.13. The Morgan fingerprint density at radius 3 is 2.92 bits per heavy atom. The monoisotopic (exact) mass is 366 g/mol. The predicted octanol–water partition coefficient (Wildman–Crippen LogP) is 1.48. The van der Waals surface area contributed by atoms with Crippen LogP contribution in [0.1, 0.15) is 29.0 Å². The third-order valence-corrected chi connectivity index (χ3v) is 4.13. The summed E-state index contributed by atoms with van der Waals surface area (Å²) in [4.78, 5) is 26.3. The highest BCUT2D eigenvalue weighted by molar-refractivity contribution is 5.96. The molecule has 1 fully saturated rings. The zero-order valence-electron chi connectivity index (χ0n) is 14.3. The lowest BCUT2D eigenvalue weighted by atomic mass is 10.2. The van der Waals surface area contributed by atoms with Gasteiger partial charge < -0.3 is 15.5 Å². The number of aryl methyl sites for hydroxylation is 1. The van der Waals surface area contributed by atoms with Gasteiger partial charge in [0.25, 0.3) is 11.8 Å². The van der Waals surface area contributed by atoms with Crippen molar-refractivity contribution < 1.29 is 18.0 Å². The molecule has 3 heterocycles. The minimum atomic E-state index is -2.60. The number of hydrogen-bond donors (Lipinski definition) is 2. The summed E-state index contributed by atoms with van der Waals surface area (Å²) in [6.45, 7) is 2.67. The molecule has 0 aromatic carbocycles. The van der Waals surface area contributed by atoms with Crippen LogP contribution in [0.15, 0.2) is 16.9 Å². The van der Waals surface area contributed by atoms with Crippen LogP contribution in [-0.2, 0) is 0 Å². The summed E-state index contributed by atoms with van der Waals surface area (Å²) in [5, 5.41) is 2.69. The quantitative estimate of drug-likeness (QED) is 0.745. The summed E-state index contributed by atoms with van der Waals surface area (Å²) in [6.07, 6.45) is 3.33. The average molecular weight is 366 g/mol. The van der Waals surface area contributed by atoms with E-state index in [0.29, 0.717) is 37.4 Å². The number of alkyl halides is 2. The van der Waals surface area contributed by atoms with Crippen molar-refractivity contribution in [2.45, 2.75) is 25.7 Å². The highest BCUT2D eigenvalue weighted by atomic mass is 19.3. The number of oxazole rings is 1. The van der Waals surface area contributed by atoms with Crippen LogP contribution in [-0.4, -0.2) is 57.9 Å². The van der Waals surface area contributed by atoms with E-state index < -0.39 is 11.8 Å². The maximum absolute atomic E-state index is 13.1. The molecule has 1 aliphatic rings. The molecule has 1 amide bonds. The number of rotatable bonds is 6. The second kappa shape index (κ2) is 7.32. The van der Waals surface area contributed by atoms with Crippen LogP contribution >= 0.6 is 0 Å². The van der Waals surface area contributed by atoms with E-state index in [0.717, 1.165) is 0 Å². The smallest absolute Gasteiger partial charge is 0.273 e. The normalized spacial score (nSPS) is 16.7. The Labute approximate surface area is 148 Å². The Morgan fingerprint density at radius 1 is 1.46 bits per heavy atom. The molecular formula is C16H20F2N6O2. The van der Waals surface area contributed by atoms with Crippen molar-refractivity contribution in [1.82, 2.24) is 25.2 Å². The molecule has 0 saturated carbocycles. The van der Waals surface area contributed by atoms with Crippen molar-refractivity contribution in [3.05, 3.63) is 23.8 Å². The van der Waals surface area contributed by atoms with E-state index in [1.807, 2.05) is 0 Å². The summed E-state index contributed by atoms with van der Waals surface area (Å²) >= 11 is 0. The summed E-state index contributed by atoms with van der Waals surface area (Å²) in [7, 11) is 0. The number of nitrogens with one attached hydrogen (secondary N) is 1. The number of anilines is 1. The van der Waals surface area contributed by atoms with E-state index in [9.17, 15) is 13.6 Å². The Hall–Kier alpha value is -2.62. The van der Waals surface area contributed by atoms with Crippen molar-refractivity contribution in [1.29, 1.82) is 0 Å². The number of nitrogens with two attached hydrogens (primary N) is 1. The Morgan fingerprint density at radius 2 is 2.27 bits per heavy atom. The van der Waals surface area contributed by atoms with Gasteiger partial charge in [0.1, 0.15) is 12.0 Å². The maximum atomic E-state index is 13.1. The van der Waals surface area contributed by atoms with Crippen LogP contribution in [0.2, 0.25) is 0 Å². The van der Waals surface area contributed by atoms with E-state index in [2.05, 4.69) is 20.3 Å². The standard InChI is InChI=1S/C16H20F2N6O2/c1-10-11(15-21-5-8-26-15)23-13(19)12(22-10)14(25)20-4-2-6-24-7-3-16(17,18)9-24/h5,8H,2-4,6-7,9H2,1H3,(H2,19,23)(H,20,25). The zero-order valence-corrected chi connectivity index (χ0v) is 14.3. The topological polar surface area (TPSA) is 110 Å². The number of halogens is 2. The Balaban J connectivity index is 1.54. The minimum Gasteiger partial charge on any atom is -0.443 e. The van der Waals surface area contributed by atoms with E-state index in [1.54, 1.807) is 11.8 Å². The SMILES string of the molecule is Cc1nc(C(=O)NCCCN2CCC(F)(F)C2)c(N)nc1-c1ncco1. The molecule has 26 heavy (non-hydrogen) atoms. The zero-order chi connectivity index (χ0) is 18.7. The molecule has 0 atom stereocenters. The fraction of sp³-hybridized carbons (Fsp3) is 0.500. The van der Waals surface area contributed by atoms with Crippen molar-refractivity contribution in [2.24, 2.45) is 0 Å². The van der Waals surface area contributed by atoms with Gasteiger partial charge in [-0.05, 0) is 13.3 Å². The first-order valence-electron chi connectivity index (χ1n) is 8.28. The largest absolute Gasteiger partial charge is 0.443 e. The molecule has 0 unspecified atom stereocenters. The number of aromatic nitrogens is 3. The van der Waals surface area contributed by atoms with Crippen LogP contribution in [0, 0.1) is 6.92 Å². The lowest BCUT2D eigenvalue weighted by Gasteiger charge is -2.15. The molecule has 0 bridgehead atoms. The van der Waals surface area contributed by atoms with Gasteiger partial charge in [-0.3, -0.25) is 9.69 Å². The van der Waals surface area contributed by atoms with E-state index in [4.69, 9.17) is 10.2 Å². The molecule has 3 N–H and O–H groups in total. The van der Waals surface area contributed by atoms with Gasteiger partial charge in [-0.15, -0.1) is 0 Å². The molecular weight excluding hydrogens is 346 g/mol. The molecule has 1 saturated heterocycles. The maximum Gasteiger partial charge on any atom is 0.273 e. The molecule has 10 heteroatoms. The van der Waals surface area contributed by atoms with Gasteiger partial charge in [0, 0.05) is 26.1 Å². The predicted molar refractivity (Wildman–Crippen MR) is 89.6 cm³/mol. The minimum absolute atomic E-state index is 0.0190. The number of hydrogen-bond acceptors (Lipinski definition) is 7. The summed E-state index contributed by atoms with van der Waals surface area (Å²) in [5.74, 6) is -2.81. The summed E-state index contributed by atoms with van der Waals surface area (Å²) in [6, 6.07) is 0. The van der Waals surface area contributed by atoms with Gasteiger partial charge in [0.05, 0.1) is 18.4 Å². The second-order valence-corrected chi connectivity index (χ2v) is 6.22. The highest BCUT2D eigenvalue weighted by Crippen LogP contribution is 2.26. The highest BCUT2D eigenvalue weighted by Gasteiger charge is 2.37. The van der Waals surface area contributed by atoms with Crippen LogP contribution < -0.4 is 11.1 Å². The first-order valence-corrected chi connectivity index (χ1v) is 8.28. The molecule has 0 radical (unpaired) electrons. The fourth-order valence-electron chi connectivity index (χ4n) is 2.83. The summed E-state index contributed by atoms with van der Waals surface area (Å²) < 4.78 is 31.4. The molecule has 2 aromatic heterocycles. The Kier molecular flexibility index (Phi) is 5.12. The number of carbonyl (C=O) groups is 1. The van der Waals surface area contributed by atoms with Gasteiger partial charge in [0.15, 0.2) is 11.5 Å². The van der Waals surface area contributed by atoms with Crippen LogP contribution in [0.4, 0.5) is 14.6 Å².